The first kappa shape index (κ1) is 17.7. The number of amides is 1. The van der Waals surface area contributed by atoms with Gasteiger partial charge in [0.2, 0.25) is 0 Å². The molecule has 0 aromatic heterocycles. The van der Waals surface area contributed by atoms with Gasteiger partial charge in [0, 0.05) is 25.2 Å². The maximum atomic E-state index is 13.4. The van der Waals surface area contributed by atoms with E-state index in [4.69, 9.17) is 11.6 Å². The molecule has 3 rings (SSSR count). The number of nitrogens with zero attached hydrogens (tertiary/aromatic N) is 2. The molecule has 1 aromatic carbocycles. The van der Waals surface area contributed by atoms with Gasteiger partial charge in [0.1, 0.15) is 5.82 Å². The minimum atomic E-state index is -0.483. The summed E-state index contributed by atoms with van der Waals surface area (Å²) in [6.45, 7) is 2.61. The zero-order chi connectivity index (χ0) is 17.3. The quantitative estimate of drug-likeness (QED) is 0.818. The highest BCUT2D eigenvalue weighted by molar-refractivity contribution is 6.31. The third kappa shape index (κ3) is 3.45. The van der Waals surface area contributed by atoms with E-state index in [0.29, 0.717) is 11.5 Å². The Morgan fingerprint density at radius 1 is 1.33 bits per heavy atom. The summed E-state index contributed by atoms with van der Waals surface area (Å²) < 4.78 is 13.4. The summed E-state index contributed by atoms with van der Waals surface area (Å²) in [7, 11) is 4.20. The van der Waals surface area contributed by atoms with Gasteiger partial charge in [-0.25, -0.2) is 4.39 Å². The van der Waals surface area contributed by atoms with Crippen LogP contribution < -0.4 is 0 Å². The Balaban J connectivity index is 1.81. The van der Waals surface area contributed by atoms with Gasteiger partial charge in [-0.15, -0.1) is 0 Å². The van der Waals surface area contributed by atoms with Crippen molar-refractivity contribution < 1.29 is 9.18 Å². The Morgan fingerprint density at radius 2 is 2.04 bits per heavy atom. The summed E-state index contributed by atoms with van der Waals surface area (Å²) >= 11 is 5.85. The Morgan fingerprint density at radius 3 is 2.67 bits per heavy atom. The average Bonchev–Trinajstić information content (AvgIpc) is 2.87. The fourth-order valence-electron chi connectivity index (χ4n) is 4.51. The lowest BCUT2D eigenvalue weighted by Crippen LogP contribution is -2.38. The number of carbonyl (C=O) groups is 1. The van der Waals surface area contributed by atoms with Crippen LogP contribution in [0.5, 0.6) is 0 Å². The van der Waals surface area contributed by atoms with Gasteiger partial charge in [-0.05, 0) is 56.5 Å². The topological polar surface area (TPSA) is 23.6 Å². The Hall–Kier alpha value is -1.13. The van der Waals surface area contributed by atoms with Gasteiger partial charge in [0.05, 0.1) is 5.02 Å². The molecule has 1 saturated carbocycles. The minimum Gasteiger partial charge on any atom is -0.338 e. The fourth-order valence-corrected chi connectivity index (χ4v) is 4.69. The van der Waals surface area contributed by atoms with Crippen LogP contribution in [0.4, 0.5) is 4.39 Å². The van der Waals surface area contributed by atoms with Crippen molar-refractivity contribution in [2.45, 2.75) is 32.1 Å². The predicted molar refractivity (Wildman–Crippen MR) is 94.9 cm³/mol. The number of likely N-dealkylation sites (tertiary alicyclic amines) is 1. The smallest absolute Gasteiger partial charge is 0.253 e. The zero-order valence-corrected chi connectivity index (χ0v) is 15.3. The maximum absolute atomic E-state index is 13.4. The highest BCUT2D eigenvalue weighted by atomic mass is 35.5. The van der Waals surface area contributed by atoms with Gasteiger partial charge in [0.15, 0.2) is 0 Å². The summed E-state index contributed by atoms with van der Waals surface area (Å²) in [4.78, 5) is 17.1. The van der Waals surface area contributed by atoms with Gasteiger partial charge in [-0.3, -0.25) is 4.79 Å². The molecular weight excluding hydrogens is 327 g/mol. The van der Waals surface area contributed by atoms with Crippen LogP contribution in [0, 0.1) is 17.2 Å². The Kier molecular flexibility index (Phi) is 5.16. The van der Waals surface area contributed by atoms with Gasteiger partial charge in [0.25, 0.3) is 5.91 Å². The van der Waals surface area contributed by atoms with E-state index < -0.39 is 5.82 Å². The van der Waals surface area contributed by atoms with Crippen LogP contribution in [0.3, 0.4) is 0 Å². The molecule has 5 heteroatoms. The van der Waals surface area contributed by atoms with Crippen LogP contribution in [0.25, 0.3) is 0 Å². The average molecular weight is 353 g/mol. The van der Waals surface area contributed by atoms with Crippen molar-refractivity contribution in [1.29, 1.82) is 0 Å². The lowest BCUT2D eigenvalue weighted by Gasteiger charge is -2.39. The first-order valence-electron chi connectivity index (χ1n) is 8.80. The highest BCUT2D eigenvalue weighted by Gasteiger charge is 2.48. The first-order valence-corrected chi connectivity index (χ1v) is 9.18. The van der Waals surface area contributed by atoms with Crippen molar-refractivity contribution in [2.75, 3.05) is 33.7 Å². The molecule has 1 aromatic rings. The van der Waals surface area contributed by atoms with Crippen LogP contribution in [0.15, 0.2) is 18.2 Å². The molecule has 0 bridgehead atoms. The third-order valence-electron chi connectivity index (χ3n) is 5.70. The molecule has 1 aliphatic carbocycles. The van der Waals surface area contributed by atoms with Crippen molar-refractivity contribution in [2.24, 2.45) is 11.3 Å². The van der Waals surface area contributed by atoms with E-state index in [9.17, 15) is 9.18 Å². The van der Waals surface area contributed by atoms with Crippen LogP contribution in [-0.4, -0.2) is 49.4 Å². The molecule has 1 amide bonds. The number of halogens is 2. The maximum Gasteiger partial charge on any atom is 0.253 e. The van der Waals surface area contributed by atoms with Crippen LogP contribution in [0.1, 0.15) is 42.5 Å². The van der Waals surface area contributed by atoms with Crippen LogP contribution >= 0.6 is 11.6 Å². The highest BCUT2D eigenvalue weighted by Crippen LogP contribution is 2.48. The number of benzene rings is 1. The molecule has 24 heavy (non-hydrogen) atoms. The molecule has 0 unspecified atom stereocenters. The van der Waals surface area contributed by atoms with E-state index in [1.165, 1.54) is 50.3 Å². The van der Waals surface area contributed by atoms with E-state index in [0.717, 1.165) is 19.6 Å². The summed E-state index contributed by atoms with van der Waals surface area (Å²) in [6, 6.07) is 4.27. The second-order valence-electron chi connectivity index (χ2n) is 7.70. The van der Waals surface area contributed by atoms with Gasteiger partial charge < -0.3 is 9.80 Å². The Bertz CT molecular complexity index is 613. The van der Waals surface area contributed by atoms with Gasteiger partial charge in [-0.2, -0.15) is 0 Å². The molecule has 1 aliphatic heterocycles. The third-order valence-corrected chi connectivity index (χ3v) is 5.99. The number of hydrogen-bond donors (Lipinski definition) is 0. The first-order chi connectivity index (χ1) is 11.4. The van der Waals surface area contributed by atoms with Crippen molar-refractivity contribution in [3.05, 3.63) is 34.6 Å². The van der Waals surface area contributed by atoms with Crippen LogP contribution in [-0.2, 0) is 0 Å². The molecule has 0 N–H and O–H groups in total. The van der Waals surface area contributed by atoms with Gasteiger partial charge in [-0.1, -0.05) is 30.9 Å². The van der Waals surface area contributed by atoms with Crippen molar-refractivity contribution >= 4 is 17.5 Å². The van der Waals surface area contributed by atoms with Crippen molar-refractivity contribution in [1.82, 2.24) is 9.80 Å². The van der Waals surface area contributed by atoms with Gasteiger partial charge >= 0.3 is 0 Å². The summed E-state index contributed by atoms with van der Waals surface area (Å²) in [5.41, 5.74) is 0.736. The predicted octanol–water partition coefficient (Wildman–Crippen LogP) is 4.06. The molecular formula is C19H26ClFN2O. The summed E-state index contributed by atoms with van der Waals surface area (Å²) in [5, 5.41) is 0.0114. The van der Waals surface area contributed by atoms with E-state index in [-0.39, 0.29) is 16.3 Å². The van der Waals surface area contributed by atoms with Crippen molar-refractivity contribution in [3.63, 3.8) is 0 Å². The lowest BCUT2D eigenvalue weighted by atomic mass is 9.67. The van der Waals surface area contributed by atoms with E-state index in [2.05, 4.69) is 19.0 Å². The second-order valence-corrected chi connectivity index (χ2v) is 8.10. The molecule has 1 spiro atoms. The molecule has 1 heterocycles. The SMILES string of the molecule is CN(C)C[C@H]1CN(C(=O)c2ccc(F)c(Cl)c2)CC12CCCCC2. The zero-order valence-electron chi connectivity index (χ0n) is 14.5. The molecule has 2 aliphatic rings. The molecule has 3 nitrogen and oxygen atoms in total. The minimum absolute atomic E-state index is 0.0114. The largest absolute Gasteiger partial charge is 0.338 e. The molecule has 2 fully saturated rings. The number of carbonyl (C=O) groups excluding carboxylic acids is 1. The molecule has 0 radical (unpaired) electrons. The van der Waals surface area contributed by atoms with E-state index in [1.807, 2.05) is 4.90 Å². The normalized spacial score (nSPS) is 23.2. The summed E-state index contributed by atoms with van der Waals surface area (Å²) in [6.07, 6.45) is 6.24. The number of rotatable bonds is 3. The monoisotopic (exact) mass is 352 g/mol. The molecule has 1 saturated heterocycles. The fraction of sp³-hybridized carbons (Fsp3) is 0.632. The standard InChI is InChI=1S/C19H26ClFN2O/c1-22(2)11-15-12-23(13-19(15)8-4-3-5-9-19)18(24)14-6-7-17(21)16(20)10-14/h6-7,10,15H,3-5,8-9,11-13H2,1-2H3/t15-/m0/s1. The van der Waals surface area contributed by atoms with Crippen LogP contribution in [0.2, 0.25) is 5.02 Å². The Labute approximate surface area is 148 Å². The molecule has 132 valence electrons. The number of hydrogen-bond acceptors (Lipinski definition) is 2. The lowest BCUT2D eigenvalue weighted by molar-refractivity contribution is 0.0755. The summed E-state index contributed by atoms with van der Waals surface area (Å²) in [5.74, 6) is -0.000325. The van der Waals surface area contributed by atoms with E-state index >= 15 is 0 Å². The molecule has 1 atom stereocenters. The van der Waals surface area contributed by atoms with Crippen molar-refractivity contribution in [3.8, 4) is 0 Å². The van der Waals surface area contributed by atoms with E-state index in [1.54, 1.807) is 0 Å². The second kappa shape index (κ2) is 7.01.